The van der Waals surface area contributed by atoms with Gasteiger partial charge in [-0.3, -0.25) is 0 Å². The van der Waals surface area contributed by atoms with Crippen molar-refractivity contribution in [1.82, 2.24) is 0 Å². The minimum absolute atomic E-state index is 0.0266. The van der Waals surface area contributed by atoms with Gasteiger partial charge < -0.3 is 10.1 Å². The molecule has 0 atom stereocenters. The molecule has 0 saturated carbocycles. The molecular weight excluding hydrogens is 271 g/mol. The van der Waals surface area contributed by atoms with Crippen LogP contribution >= 0.6 is 0 Å². The summed E-state index contributed by atoms with van der Waals surface area (Å²) < 4.78 is 18.0. The van der Waals surface area contributed by atoms with Gasteiger partial charge in [-0.05, 0) is 29.8 Å². The Hall–Kier alpha value is -2.87. The number of halogens is 1. The van der Waals surface area contributed by atoms with Crippen molar-refractivity contribution in [2.45, 2.75) is 6.54 Å². The molecular formula is C16H13FN2O2. The maximum Gasteiger partial charge on any atom is 0.338 e. The third kappa shape index (κ3) is 3.37. The SMILES string of the molecule is COC(=O)c1ccccc1CNc1ccc(F)c(C#N)c1. The van der Waals surface area contributed by atoms with Crippen LogP contribution in [0.3, 0.4) is 0 Å². The topological polar surface area (TPSA) is 62.1 Å². The van der Waals surface area contributed by atoms with Gasteiger partial charge in [0.2, 0.25) is 0 Å². The van der Waals surface area contributed by atoms with E-state index in [2.05, 4.69) is 5.32 Å². The van der Waals surface area contributed by atoms with Crippen LogP contribution in [0.4, 0.5) is 10.1 Å². The molecule has 0 aliphatic rings. The maximum absolute atomic E-state index is 13.2. The summed E-state index contributed by atoms with van der Waals surface area (Å²) >= 11 is 0. The van der Waals surface area contributed by atoms with Crippen molar-refractivity contribution in [3.63, 3.8) is 0 Å². The Morgan fingerprint density at radius 3 is 2.81 bits per heavy atom. The number of nitrogens with zero attached hydrogens (tertiary/aromatic N) is 1. The first-order valence-corrected chi connectivity index (χ1v) is 6.25. The van der Waals surface area contributed by atoms with E-state index in [9.17, 15) is 9.18 Å². The molecule has 0 aromatic heterocycles. The lowest BCUT2D eigenvalue weighted by Crippen LogP contribution is -2.09. The predicted octanol–water partition coefficient (Wildman–Crippen LogP) is 3.10. The monoisotopic (exact) mass is 284 g/mol. The fourth-order valence-electron chi connectivity index (χ4n) is 1.90. The smallest absolute Gasteiger partial charge is 0.338 e. The highest BCUT2D eigenvalue weighted by Gasteiger charge is 2.10. The number of rotatable bonds is 4. The average Bonchev–Trinajstić information content (AvgIpc) is 2.53. The van der Waals surface area contributed by atoms with Crippen molar-refractivity contribution >= 4 is 11.7 Å². The van der Waals surface area contributed by atoms with Crippen molar-refractivity contribution in [3.05, 3.63) is 65.0 Å². The summed E-state index contributed by atoms with van der Waals surface area (Å²) in [5.74, 6) is -0.970. The van der Waals surface area contributed by atoms with Gasteiger partial charge in [0.1, 0.15) is 11.9 Å². The first-order valence-electron chi connectivity index (χ1n) is 6.25. The number of ether oxygens (including phenoxy) is 1. The molecule has 0 unspecified atom stereocenters. The summed E-state index contributed by atoms with van der Waals surface area (Å²) in [5.41, 5.74) is 1.80. The van der Waals surface area contributed by atoms with Crippen molar-refractivity contribution in [2.24, 2.45) is 0 Å². The molecule has 21 heavy (non-hydrogen) atoms. The van der Waals surface area contributed by atoms with Crippen molar-refractivity contribution in [3.8, 4) is 6.07 Å². The summed E-state index contributed by atoms with van der Waals surface area (Å²) in [5, 5.41) is 11.9. The number of anilines is 1. The number of benzene rings is 2. The van der Waals surface area contributed by atoms with Gasteiger partial charge in [-0.15, -0.1) is 0 Å². The molecule has 1 N–H and O–H groups in total. The number of nitriles is 1. The second-order valence-electron chi connectivity index (χ2n) is 4.31. The number of carbonyl (C=O) groups excluding carboxylic acids is 1. The zero-order chi connectivity index (χ0) is 15.2. The quantitative estimate of drug-likeness (QED) is 0.876. The molecule has 0 bridgehead atoms. The van der Waals surface area contributed by atoms with E-state index in [-0.39, 0.29) is 5.56 Å². The molecule has 0 fully saturated rings. The van der Waals surface area contributed by atoms with E-state index >= 15 is 0 Å². The Bertz CT molecular complexity index is 708. The van der Waals surface area contributed by atoms with Crippen LogP contribution < -0.4 is 5.32 Å². The van der Waals surface area contributed by atoms with Gasteiger partial charge in [0, 0.05) is 12.2 Å². The molecule has 2 aromatic carbocycles. The maximum atomic E-state index is 13.2. The molecule has 4 nitrogen and oxygen atoms in total. The van der Waals surface area contributed by atoms with Crippen LogP contribution in [0.5, 0.6) is 0 Å². The van der Waals surface area contributed by atoms with Crippen molar-refractivity contribution in [1.29, 1.82) is 5.26 Å². The zero-order valence-electron chi connectivity index (χ0n) is 11.4. The van der Waals surface area contributed by atoms with Gasteiger partial charge >= 0.3 is 5.97 Å². The molecule has 106 valence electrons. The van der Waals surface area contributed by atoms with Gasteiger partial charge in [0.25, 0.3) is 0 Å². The summed E-state index contributed by atoms with van der Waals surface area (Å²) in [6, 6.07) is 13.0. The summed E-state index contributed by atoms with van der Waals surface area (Å²) in [7, 11) is 1.33. The highest BCUT2D eigenvalue weighted by atomic mass is 19.1. The normalized spacial score (nSPS) is 9.76. The first-order chi connectivity index (χ1) is 10.2. The zero-order valence-corrected chi connectivity index (χ0v) is 11.4. The van der Waals surface area contributed by atoms with Gasteiger partial charge in [0.05, 0.1) is 18.2 Å². The summed E-state index contributed by atoms with van der Waals surface area (Å²) in [4.78, 5) is 11.6. The molecule has 0 heterocycles. The van der Waals surface area contributed by atoms with E-state index in [1.807, 2.05) is 6.07 Å². The molecule has 2 rings (SSSR count). The van der Waals surface area contributed by atoms with Crippen LogP contribution in [0.25, 0.3) is 0 Å². The molecule has 0 radical (unpaired) electrons. The third-order valence-electron chi connectivity index (χ3n) is 2.99. The first kappa shape index (κ1) is 14.5. The minimum atomic E-state index is -0.557. The average molecular weight is 284 g/mol. The standard InChI is InChI=1S/C16H13FN2O2/c1-21-16(20)14-5-3-2-4-11(14)10-19-13-6-7-15(17)12(8-13)9-18/h2-8,19H,10H2,1H3. The Morgan fingerprint density at radius 2 is 2.10 bits per heavy atom. The van der Waals surface area contributed by atoms with Gasteiger partial charge in [-0.1, -0.05) is 18.2 Å². The number of nitrogens with one attached hydrogen (secondary N) is 1. The van der Waals surface area contributed by atoms with Crippen molar-refractivity contribution < 1.29 is 13.9 Å². The lowest BCUT2D eigenvalue weighted by Gasteiger charge is -2.10. The molecule has 0 aliphatic heterocycles. The number of methoxy groups -OCH3 is 1. The van der Waals surface area contributed by atoms with E-state index in [4.69, 9.17) is 10.00 Å². The lowest BCUT2D eigenvalue weighted by molar-refractivity contribution is 0.0599. The molecule has 0 spiro atoms. The molecule has 5 heteroatoms. The fraction of sp³-hybridized carbons (Fsp3) is 0.125. The van der Waals surface area contributed by atoms with E-state index in [0.717, 1.165) is 5.56 Å². The number of carbonyl (C=O) groups is 1. The number of hydrogen-bond donors (Lipinski definition) is 1. The molecule has 2 aromatic rings. The van der Waals surface area contributed by atoms with E-state index in [1.54, 1.807) is 24.3 Å². The Morgan fingerprint density at radius 1 is 1.33 bits per heavy atom. The van der Waals surface area contributed by atoms with Crippen LogP contribution in [-0.4, -0.2) is 13.1 Å². The summed E-state index contributed by atoms with van der Waals surface area (Å²) in [6.45, 7) is 0.363. The number of hydrogen-bond acceptors (Lipinski definition) is 4. The van der Waals surface area contributed by atoms with Crippen LogP contribution in [0.15, 0.2) is 42.5 Å². The molecule has 0 amide bonds. The van der Waals surface area contributed by atoms with Crippen LogP contribution in [0, 0.1) is 17.1 Å². The Balaban J connectivity index is 2.17. The predicted molar refractivity (Wildman–Crippen MR) is 76.2 cm³/mol. The molecule has 0 saturated heterocycles. The van der Waals surface area contributed by atoms with E-state index in [1.165, 1.54) is 25.3 Å². The van der Waals surface area contributed by atoms with Crippen LogP contribution in [0.1, 0.15) is 21.5 Å². The Kier molecular flexibility index (Phi) is 4.52. The lowest BCUT2D eigenvalue weighted by atomic mass is 10.1. The van der Waals surface area contributed by atoms with E-state index in [0.29, 0.717) is 17.8 Å². The van der Waals surface area contributed by atoms with Gasteiger partial charge in [-0.25, -0.2) is 9.18 Å². The van der Waals surface area contributed by atoms with Crippen molar-refractivity contribution in [2.75, 3.05) is 12.4 Å². The van der Waals surface area contributed by atoms with Crippen LogP contribution in [-0.2, 0) is 11.3 Å². The minimum Gasteiger partial charge on any atom is -0.465 e. The number of esters is 1. The van der Waals surface area contributed by atoms with E-state index < -0.39 is 11.8 Å². The Labute approximate surface area is 121 Å². The highest BCUT2D eigenvalue weighted by Crippen LogP contribution is 2.16. The summed E-state index contributed by atoms with van der Waals surface area (Å²) in [6.07, 6.45) is 0. The largest absolute Gasteiger partial charge is 0.465 e. The third-order valence-corrected chi connectivity index (χ3v) is 2.99. The van der Waals surface area contributed by atoms with Gasteiger partial charge in [-0.2, -0.15) is 5.26 Å². The highest BCUT2D eigenvalue weighted by molar-refractivity contribution is 5.91. The second kappa shape index (κ2) is 6.53. The second-order valence-corrected chi connectivity index (χ2v) is 4.31. The fourth-order valence-corrected chi connectivity index (χ4v) is 1.90. The van der Waals surface area contributed by atoms with Crippen LogP contribution in [0.2, 0.25) is 0 Å². The van der Waals surface area contributed by atoms with Gasteiger partial charge in [0.15, 0.2) is 0 Å². The molecule has 0 aliphatic carbocycles.